The second kappa shape index (κ2) is 5.10. The largest absolute Gasteiger partial charge is 0.433 e. The van der Waals surface area contributed by atoms with Crippen molar-refractivity contribution in [3.05, 3.63) is 48.3 Å². The van der Waals surface area contributed by atoms with Crippen LogP contribution in [0.5, 0.6) is 0 Å². The Hall–Kier alpha value is -2.40. The molecule has 0 fully saturated rings. The second-order valence-electron chi connectivity index (χ2n) is 5.03. The number of benzene rings is 1. The summed E-state index contributed by atoms with van der Waals surface area (Å²) in [5, 5.41) is 1.80. The van der Waals surface area contributed by atoms with Gasteiger partial charge in [0.25, 0.3) is 0 Å². The van der Waals surface area contributed by atoms with E-state index in [0.717, 1.165) is 32.7 Å². The van der Waals surface area contributed by atoms with Crippen molar-refractivity contribution in [1.29, 1.82) is 0 Å². The Labute approximate surface area is 131 Å². The van der Waals surface area contributed by atoms with Gasteiger partial charge in [-0.15, -0.1) is 11.8 Å². The highest BCUT2D eigenvalue weighted by atomic mass is 32.2. The van der Waals surface area contributed by atoms with Gasteiger partial charge in [0.15, 0.2) is 5.58 Å². The fourth-order valence-corrected chi connectivity index (χ4v) is 3.11. The SMILES string of the molecule is CSc1ncnc2c1oc1nc(-c3ccccc3)cc(C)c12. The molecule has 0 bridgehead atoms. The van der Waals surface area contributed by atoms with Gasteiger partial charge in [-0.3, -0.25) is 0 Å². The molecule has 0 aliphatic carbocycles. The van der Waals surface area contributed by atoms with Crippen LogP contribution in [0.1, 0.15) is 5.56 Å². The molecule has 0 radical (unpaired) electrons. The van der Waals surface area contributed by atoms with Crippen molar-refractivity contribution in [2.75, 3.05) is 6.26 Å². The van der Waals surface area contributed by atoms with E-state index in [0.29, 0.717) is 11.3 Å². The van der Waals surface area contributed by atoms with Crippen molar-refractivity contribution in [2.24, 2.45) is 0 Å². The summed E-state index contributed by atoms with van der Waals surface area (Å²) < 4.78 is 5.96. The maximum atomic E-state index is 5.96. The molecule has 5 heteroatoms. The van der Waals surface area contributed by atoms with Crippen LogP contribution < -0.4 is 0 Å². The van der Waals surface area contributed by atoms with E-state index in [1.54, 1.807) is 18.1 Å². The minimum atomic E-state index is 0.615. The van der Waals surface area contributed by atoms with Gasteiger partial charge in [0.05, 0.1) is 11.1 Å². The summed E-state index contributed by atoms with van der Waals surface area (Å²) in [6, 6.07) is 12.2. The number of aromatic nitrogens is 3. The summed E-state index contributed by atoms with van der Waals surface area (Å²) in [7, 11) is 0. The van der Waals surface area contributed by atoms with Gasteiger partial charge in [0.1, 0.15) is 16.9 Å². The molecule has 22 heavy (non-hydrogen) atoms. The number of nitrogens with zero attached hydrogens (tertiary/aromatic N) is 3. The van der Waals surface area contributed by atoms with E-state index in [2.05, 4.69) is 27.9 Å². The molecule has 4 aromatic rings. The predicted molar refractivity (Wildman–Crippen MR) is 89.1 cm³/mol. The number of rotatable bonds is 2. The molecule has 3 aromatic heterocycles. The molecule has 0 amide bonds. The van der Waals surface area contributed by atoms with E-state index in [1.165, 1.54) is 0 Å². The fourth-order valence-electron chi connectivity index (χ4n) is 2.63. The molecule has 4 nitrogen and oxygen atoms in total. The van der Waals surface area contributed by atoms with Crippen molar-refractivity contribution in [1.82, 2.24) is 15.0 Å². The fraction of sp³-hybridized carbons (Fsp3) is 0.118. The number of furan rings is 1. The standard InChI is InChI=1S/C17H13N3OS/c1-10-8-12(11-6-4-3-5-7-11)20-16-13(10)14-15(21-16)17(22-2)19-9-18-14/h3-9H,1-2H3. The van der Waals surface area contributed by atoms with Crippen LogP contribution >= 0.6 is 11.8 Å². The highest BCUT2D eigenvalue weighted by Gasteiger charge is 2.16. The molecule has 0 aliphatic heterocycles. The topological polar surface area (TPSA) is 51.8 Å². The van der Waals surface area contributed by atoms with Crippen molar-refractivity contribution in [3.8, 4) is 11.3 Å². The van der Waals surface area contributed by atoms with E-state index in [-0.39, 0.29) is 0 Å². The van der Waals surface area contributed by atoms with Crippen LogP contribution in [0.25, 0.3) is 33.5 Å². The summed E-state index contributed by atoms with van der Waals surface area (Å²) in [4.78, 5) is 13.3. The normalized spacial score (nSPS) is 11.4. The zero-order chi connectivity index (χ0) is 15.1. The molecule has 0 N–H and O–H groups in total. The number of hydrogen-bond acceptors (Lipinski definition) is 5. The van der Waals surface area contributed by atoms with Gasteiger partial charge in [-0.25, -0.2) is 15.0 Å². The average molecular weight is 307 g/mol. The lowest BCUT2D eigenvalue weighted by Crippen LogP contribution is -1.87. The molecular weight excluding hydrogens is 294 g/mol. The molecule has 0 aliphatic rings. The Kier molecular flexibility index (Phi) is 3.08. The van der Waals surface area contributed by atoms with E-state index in [4.69, 9.17) is 4.42 Å². The summed E-state index contributed by atoms with van der Waals surface area (Å²) in [5.41, 5.74) is 5.25. The van der Waals surface area contributed by atoms with Gasteiger partial charge in [-0.1, -0.05) is 30.3 Å². The number of aryl methyl sites for hydroxylation is 1. The first-order valence-corrected chi connectivity index (χ1v) is 8.14. The summed E-state index contributed by atoms with van der Waals surface area (Å²) in [6.07, 6.45) is 3.55. The molecule has 108 valence electrons. The third kappa shape index (κ3) is 1.97. The molecule has 4 rings (SSSR count). The van der Waals surface area contributed by atoms with E-state index in [9.17, 15) is 0 Å². The van der Waals surface area contributed by atoms with Crippen LogP contribution in [0, 0.1) is 6.92 Å². The highest BCUT2D eigenvalue weighted by molar-refractivity contribution is 7.98. The number of pyridine rings is 1. The zero-order valence-electron chi connectivity index (χ0n) is 12.2. The third-order valence-electron chi connectivity index (χ3n) is 3.65. The van der Waals surface area contributed by atoms with Gasteiger partial charge in [-0.2, -0.15) is 0 Å². The Morgan fingerprint density at radius 3 is 2.68 bits per heavy atom. The second-order valence-corrected chi connectivity index (χ2v) is 5.83. The molecule has 0 saturated heterocycles. The molecule has 1 aromatic carbocycles. The quantitative estimate of drug-likeness (QED) is 0.404. The highest BCUT2D eigenvalue weighted by Crippen LogP contribution is 2.34. The van der Waals surface area contributed by atoms with E-state index < -0.39 is 0 Å². The Morgan fingerprint density at radius 2 is 1.91 bits per heavy atom. The molecule has 3 heterocycles. The smallest absolute Gasteiger partial charge is 0.229 e. The van der Waals surface area contributed by atoms with Gasteiger partial charge in [0.2, 0.25) is 5.71 Å². The molecule has 0 unspecified atom stereocenters. The molecular formula is C17H13N3OS. The summed E-state index contributed by atoms with van der Waals surface area (Å²) in [5.74, 6) is 0. The molecule has 0 saturated carbocycles. The Bertz CT molecular complexity index is 979. The van der Waals surface area contributed by atoms with Crippen LogP contribution in [0.15, 0.2) is 52.2 Å². The minimum absolute atomic E-state index is 0.615. The summed E-state index contributed by atoms with van der Waals surface area (Å²) in [6.45, 7) is 2.06. The van der Waals surface area contributed by atoms with Crippen molar-refractivity contribution in [3.63, 3.8) is 0 Å². The third-order valence-corrected chi connectivity index (χ3v) is 4.33. The van der Waals surface area contributed by atoms with Gasteiger partial charge in [0, 0.05) is 5.56 Å². The monoisotopic (exact) mass is 307 g/mol. The Morgan fingerprint density at radius 1 is 1.09 bits per heavy atom. The van der Waals surface area contributed by atoms with Crippen LogP contribution in [-0.2, 0) is 0 Å². The summed E-state index contributed by atoms with van der Waals surface area (Å²) >= 11 is 1.55. The number of fused-ring (bicyclic) bond motifs is 3. The zero-order valence-corrected chi connectivity index (χ0v) is 13.0. The van der Waals surface area contributed by atoms with Crippen molar-refractivity contribution >= 4 is 34.0 Å². The van der Waals surface area contributed by atoms with Crippen molar-refractivity contribution < 1.29 is 4.42 Å². The van der Waals surface area contributed by atoms with Crippen LogP contribution in [0.3, 0.4) is 0 Å². The van der Waals surface area contributed by atoms with Crippen LogP contribution in [0.4, 0.5) is 0 Å². The first-order chi connectivity index (χ1) is 10.8. The first-order valence-electron chi connectivity index (χ1n) is 6.92. The molecule has 0 spiro atoms. The average Bonchev–Trinajstić information content (AvgIpc) is 2.94. The first kappa shape index (κ1) is 13.3. The Balaban J connectivity index is 2.05. The lowest BCUT2D eigenvalue weighted by molar-refractivity contribution is 0.640. The lowest BCUT2D eigenvalue weighted by Gasteiger charge is -2.02. The predicted octanol–water partition coefficient (Wildman–Crippen LogP) is 4.47. The maximum Gasteiger partial charge on any atom is 0.229 e. The van der Waals surface area contributed by atoms with Crippen molar-refractivity contribution in [2.45, 2.75) is 11.9 Å². The van der Waals surface area contributed by atoms with Crippen LogP contribution in [-0.4, -0.2) is 21.2 Å². The number of hydrogen-bond donors (Lipinski definition) is 0. The number of thioether (sulfide) groups is 1. The van der Waals surface area contributed by atoms with Crippen LogP contribution in [0.2, 0.25) is 0 Å². The minimum Gasteiger partial charge on any atom is -0.433 e. The van der Waals surface area contributed by atoms with Gasteiger partial charge in [-0.05, 0) is 24.8 Å². The van der Waals surface area contributed by atoms with E-state index in [1.807, 2.05) is 36.6 Å². The van der Waals surface area contributed by atoms with Gasteiger partial charge >= 0.3 is 0 Å². The van der Waals surface area contributed by atoms with E-state index >= 15 is 0 Å². The van der Waals surface area contributed by atoms with Gasteiger partial charge < -0.3 is 4.42 Å². The molecule has 0 atom stereocenters. The maximum absolute atomic E-state index is 5.96. The lowest BCUT2D eigenvalue weighted by atomic mass is 10.1.